The zero-order valence-corrected chi connectivity index (χ0v) is 13.8. The largest absolute Gasteiger partial charge is 0.351 e. The zero-order chi connectivity index (χ0) is 15.4. The topological polar surface area (TPSA) is 68.0 Å². The van der Waals surface area contributed by atoms with Crippen molar-refractivity contribution >= 4 is 40.2 Å². The summed E-state index contributed by atoms with van der Waals surface area (Å²) in [7, 11) is 0. The minimum absolute atomic E-state index is 0.0552. The van der Waals surface area contributed by atoms with E-state index in [0.29, 0.717) is 31.1 Å². The molecule has 5 nitrogen and oxygen atoms in total. The van der Waals surface area contributed by atoms with Crippen molar-refractivity contribution in [1.82, 2.24) is 15.5 Å². The quantitative estimate of drug-likeness (QED) is 0.732. The van der Waals surface area contributed by atoms with E-state index >= 15 is 0 Å². The summed E-state index contributed by atoms with van der Waals surface area (Å²) in [6.45, 7) is 0.487. The van der Waals surface area contributed by atoms with Gasteiger partial charge in [0.05, 0.1) is 15.8 Å². The Labute approximate surface area is 139 Å². The van der Waals surface area contributed by atoms with Crippen molar-refractivity contribution in [2.45, 2.75) is 19.4 Å². The lowest BCUT2D eigenvalue weighted by Gasteiger charge is -2.01. The molecule has 0 saturated heterocycles. The number of hydrogen-bond donors (Lipinski definition) is 1. The van der Waals surface area contributed by atoms with Gasteiger partial charge in [-0.1, -0.05) is 22.8 Å². The van der Waals surface area contributed by atoms with Crippen molar-refractivity contribution in [3.63, 3.8) is 0 Å². The van der Waals surface area contributed by atoms with E-state index in [9.17, 15) is 4.79 Å². The maximum absolute atomic E-state index is 11.8. The number of halogens is 1. The van der Waals surface area contributed by atoms with Crippen LogP contribution in [0.5, 0.6) is 0 Å². The van der Waals surface area contributed by atoms with Crippen LogP contribution in [0.2, 0.25) is 4.34 Å². The number of nitrogens with one attached hydrogen (secondary N) is 1. The summed E-state index contributed by atoms with van der Waals surface area (Å²) in [4.78, 5) is 18.1. The fourth-order valence-corrected chi connectivity index (χ4v) is 3.48. The second-order valence-electron chi connectivity index (χ2n) is 4.47. The number of aromatic nitrogens is 2. The zero-order valence-electron chi connectivity index (χ0n) is 11.4. The van der Waals surface area contributed by atoms with Crippen molar-refractivity contribution in [3.05, 3.63) is 44.7 Å². The Morgan fingerprint density at radius 1 is 1.36 bits per heavy atom. The van der Waals surface area contributed by atoms with E-state index in [1.807, 2.05) is 29.6 Å². The van der Waals surface area contributed by atoms with Gasteiger partial charge in [-0.05, 0) is 23.6 Å². The van der Waals surface area contributed by atoms with Gasteiger partial charge in [-0.3, -0.25) is 4.79 Å². The number of nitrogens with zero attached hydrogens (tertiary/aromatic N) is 2. The van der Waals surface area contributed by atoms with E-state index in [1.54, 1.807) is 11.3 Å². The van der Waals surface area contributed by atoms with E-state index in [4.69, 9.17) is 16.1 Å². The van der Waals surface area contributed by atoms with Crippen molar-refractivity contribution in [3.8, 4) is 10.7 Å². The van der Waals surface area contributed by atoms with Crippen LogP contribution < -0.4 is 5.32 Å². The van der Waals surface area contributed by atoms with Crippen LogP contribution in [0.1, 0.15) is 17.2 Å². The summed E-state index contributed by atoms with van der Waals surface area (Å²) in [5.41, 5.74) is 0. The van der Waals surface area contributed by atoms with Gasteiger partial charge in [0.15, 0.2) is 0 Å². The molecule has 0 fully saturated rings. The van der Waals surface area contributed by atoms with Crippen LogP contribution in [0, 0.1) is 0 Å². The van der Waals surface area contributed by atoms with Crippen LogP contribution in [-0.4, -0.2) is 16.0 Å². The van der Waals surface area contributed by atoms with Crippen LogP contribution in [-0.2, 0) is 17.8 Å². The first-order chi connectivity index (χ1) is 10.7. The smallest absolute Gasteiger partial charge is 0.227 e. The molecule has 0 aliphatic rings. The first kappa shape index (κ1) is 15.2. The highest BCUT2D eigenvalue weighted by Gasteiger charge is 2.11. The summed E-state index contributed by atoms with van der Waals surface area (Å²) >= 11 is 8.85. The predicted octanol–water partition coefficient (Wildman–Crippen LogP) is 3.76. The summed E-state index contributed by atoms with van der Waals surface area (Å²) in [6, 6.07) is 7.58. The molecule has 0 aromatic carbocycles. The van der Waals surface area contributed by atoms with Crippen molar-refractivity contribution < 1.29 is 9.32 Å². The van der Waals surface area contributed by atoms with E-state index in [2.05, 4.69) is 15.5 Å². The lowest BCUT2D eigenvalue weighted by atomic mass is 10.3. The predicted molar refractivity (Wildman–Crippen MR) is 87.1 cm³/mol. The average molecular weight is 354 g/mol. The number of hydrogen-bond acceptors (Lipinski definition) is 6. The highest BCUT2D eigenvalue weighted by molar-refractivity contribution is 7.16. The first-order valence-corrected chi connectivity index (χ1v) is 8.65. The van der Waals surface area contributed by atoms with Gasteiger partial charge in [0.2, 0.25) is 17.6 Å². The lowest BCUT2D eigenvalue weighted by Crippen LogP contribution is -2.22. The standard InChI is InChI=1S/C14H12ClN3O2S2/c15-11-4-3-9(22-11)8-16-12(19)5-6-13-17-14(18-20-13)10-2-1-7-21-10/h1-4,7H,5-6,8H2,(H,16,19). The molecule has 114 valence electrons. The molecule has 0 atom stereocenters. The van der Waals surface area contributed by atoms with E-state index < -0.39 is 0 Å². The third kappa shape index (κ3) is 3.94. The molecule has 0 aliphatic heterocycles. The highest BCUT2D eigenvalue weighted by Crippen LogP contribution is 2.22. The normalized spacial score (nSPS) is 10.8. The molecule has 1 N–H and O–H groups in total. The van der Waals surface area contributed by atoms with Crippen molar-refractivity contribution in [2.24, 2.45) is 0 Å². The summed E-state index contributed by atoms with van der Waals surface area (Å²) in [5.74, 6) is 0.983. The second kappa shape index (κ2) is 7.04. The number of thiophene rings is 2. The maximum Gasteiger partial charge on any atom is 0.227 e. The molecule has 8 heteroatoms. The van der Waals surface area contributed by atoms with Crippen molar-refractivity contribution in [1.29, 1.82) is 0 Å². The van der Waals surface area contributed by atoms with Gasteiger partial charge >= 0.3 is 0 Å². The van der Waals surface area contributed by atoms with Gasteiger partial charge < -0.3 is 9.84 Å². The number of rotatable bonds is 6. The Hall–Kier alpha value is -1.70. The van der Waals surface area contributed by atoms with Gasteiger partial charge in [0.1, 0.15) is 0 Å². The maximum atomic E-state index is 11.8. The number of carbonyl (C=O) groups excluding carboxylic acids is 1. The molecule has 3 aromatic heterocycles. The third-order valence-corrected chi connectivity index (χ3v) is 4.96. The molecule has 0 spiro atoms. The van der Waals surface area contributed by atoms with Gasteiger partial charge in [-0.15, -0.1) is 22.7 Å². The fourth-order valence-electron chi connectivity index (χ4n) is 1.80. The van der Waals surface area contributed by atoms with Crippen LogP contribution in [0.25, 0.3) is 10.7 Å². The molecule has 0 bridgehead atoms. The minimum atomic E-state index is -0.0552. The Morgan fingerprint density at radius 2 is 2.27 bits per heavy atom. The molecule has 3 heterocycles. The van der Waals surface area contributed by atoms with E-state index in [1.165, 1.54) is 11.3 Å². The molecular weight excluding hydrogens is 342 g/mol. The molecular formula is C14H12ClN3O2S2. The van der Waals surface area contributed by atoms with Crippen LogP contribution in [0.15, 0.2) is 34.2 Å². The van der Waals surface area contributed by atoms with Crippen LogP contribution in [0.3, 0.4) is 0 Å². The van der Waals surface area contributed by atoms with E-state index in [0.717, 1.165) is 14.1 Å². The summed E-state index contributed by atoms with van der Waals surface area (Å²) < 4.78 is 5.87. The molecule has 22 heavy (non-hydrogen) atoms. The van der Waals surface area contributed by atoms with E-state index in [-0.39, 0.29) is 5.91 Å². The average Bonchev–Trinajstić information content (AvgIpc) is 3.23. The summed E-state index contributed by atoms with van der Waals surface area (Å²) in [6.07, 6.45) is 0.737. The molecule has 3 rings (SSSR count). The lowest BCUT2D eigenvalue weighted by molar-refractivity contribution is -0.121. The van der Waals surface area contributed by atoms with Gasteiger partial charge in [-0.25, -0.2) is 0 Å². The Morgan fingerprint density at radius 3 is 3.00 bits per heavy atom. The number of aryl methyl sites for hydroxylation is 1. The van der Waals surface area contributed by atoms with Gasteiger partial charge in [0.25, 0.3) is 0 Å². The Kier molecular flexibility index (Phi) is 4.87. The van der Waals surface area contributed by atoms with Gasteiger partial charge in [-0.2, -0.15) is 4.98 Å². The van der Waals surface area contributed by atoms with Crippen LogP contribution in [0.4, 0.5) is 0 Å². The third-order valence-electron chi connectivity index (χ3n) is 2.86. The second-order valence-corrected chi connectivity index (χ2v) is 7.22. The minimum Gasteiger partial charge on any atom is -0.351 e. The Balaban J connectivity index is 1.47. The Bertz CT molecular complexity index is 752. The van der Waals surface area contributed by atoms with Gasteiger partial charge in [0, 0.05) is 17.7 Å². The molecule has 0 saturated carbocycles. The monoisotopic (exact) mass is 353 g/mol. The molecule has 0 unspecified atom stereocenters. The fraction of sp³-hybridized carbons (Fsp3) is 0.214. The van der Waals surface area contributed by atoms with Crippen molar-refractivity contribution in [2.75, 3.05) is 0 Å². The molecule has 1 amide bonds. The number of carbonyl (C=O) groups is 1. The molecule has 3 aromatic rings. The first-order valence-electron chi connectivity index (χ1n) is 6.58. The van der Waals surface area contributed by atoms with Crippen LogP contribution >= 0.6 is 34.3 Å². The number of amides is 1. The highest BCUT2D eigenvalue weighted by atomic mass is 35.5. The SMILES string of the molecule is O=C(CCc1nc(-c2cccs2)no1)NCc1ccc(Cl)s1. The molecule has 0 aliphatic carbocycles. The summed E-state index contributed by atoms with van der Waals surface area (Å²) in [5, 5.41) is 8.71. The molecule has 0 radical (unpaired) electrons.